The summed E-state index contributed by atoms with van der Waals surface area (Å²) in [6.07, 6.45) is 4.29. The summed E-state index contributed by atoms with van der Waals surface area (Å²) in [7, 11) is 0. The van der Waals surface area contributed by atoms with Crippen molar-refractivity contribution in [2.24, 2.45) is 0 Å². The molecule has 0 aliphatic carbocycles. The first kappa shape index (κ1) is 12.0. The van der Waals surface area contributed by atoms with Gasteiger partial charge in [0, 0.05) is 44.1 Å². The molecule has 2 unspecified atom stereocenters. The minimum absolute atomic E-state index is 0.299. The van der Waals surface area contributed by atoms with Gasteiger partial charge in [0.1, 0.15) is 0 Å². The van der Waals surface area contributed by atoms with Crippen LogP contribution < -0.4 is 5.32 Å². The van der Waals surface area contributed by atoms with Gasteiger partial charge in [0.15, 0.2) is 0 Å². The molecule has 0 saturated carbocycles. The zero-order valence-electron chi connectivity index (χ0n) is 10.1. The van der Waals surface area contributed by atoms with Gasteiger partial charge in [0.25, 0.3) is 0 Å². The van der Waals surface area contributed by atoms with Crippen LogP contribution in [0.4, 0.5) is 0 Å². The van der Waals surface area contributed by atoms with Gasteiger partial charge in [-0.1, -0.05) is 6.07 Å². The van der Waals surface area contributed by atoms with Gasteiger partial charge in [-0.05, 0) is 18.6 Å². The number of piperazine rings is 1. The summed E-state index contributed by atoms with van der Waals surface area (Å²) in [5, 5.41) is 12.1. The van der Waals surface area contributed by atoms with Crippen molar-refractivity contribution < 1.29 is 0 Å². The largest absolute Gasteiger partial charge is 0.310 e. The Balaban J connectivity index is 1.96. The number of nitrogens with one attached hydrogen (secondary N) is 1. The predicted molar refractivity (Wildman–Crippen MR) is 66.1 cm³/mol. The molecule has 0 bridgehead atoms. The highest BCUT2D eigenvalue weighted by molar-refractivity contribution is 5.09. The molecule has 0 aromatic carbocycles. The first-order valence-electron chi connectivity index (χ1n) is 6.03. The van der Waals surface area contributed by atoms with Gasteiger partial charge in [0.2, 0.25) is 0 Å². The third kappa shape index (κ3) is 3.26. The molecule has 1 aromatic rings. The highest BCUT2D eigenvalue weighted by atomic mass is 15.2. The van der Waals surface area contributed by atoms with Crippen molar-refractivity contribution in [2.45, 2.75) is 32.0 Å². The maximum Gasteiger partial charge on any atom is 0.0638 e. The molecule has 0 spiro atoms. The van der Waals surface area contributed by atoms with Crippen LogP contribution in [-0.4, -0.2) is 35.1 Å². The van der Waals surface area contributed by atoms with E-state index in [1.54, 1.807) is 6.20 Å². The fourth-order valence-corrected chi connectivity index (χ4v) is 2.19. The van der Waals surface area contributed by atoms with Crippen LogP contribution in [0.1, 0.15) is 18.9 Å². The highest BCUT2D eigenvalue weighted by Gasteiger charge is 2.24. The molecular weight excluding hydrogens is 212 g/mol. The van der Waals surface area contributed by atoms with Crippen LogP contribution in [0.25, 0.3) is 0 Å². The molecule has 1 aromatic heterocycles. The van der Waals surface area contributed by atoms with Gasteiger partial charge >= 0.3 is 0 Å². The molecule has 4 heteroatoms. The zero-order chi connectivity index (χ0) is 12.1. The smallest absolute Gasteiger partial charge is 0.0638 e. The van der Waals surface area contributed by atoms with Crippen LogP contribution in [0.3, 0.4) is 0 Å². The number of hydrogen-bond acceptors (Lipinski definition) is 4. The van der Waals surface area contributed by atoms with Gasteiger partial charge in [-0.2, -0.15) is 5.26 Å². The minimum atomic E-state index is 0.299. The second kappa shape index (κ2) is 5.76. The maximum absolute atomic E-state index is 8.74. The normalized spacial score (nSPS) is 25.4. The molecule has 2 rings (SSSR count). The minimum Gasteiger partial charge on any atom is -0.310 e. The molecule has 2 heterocycles. The highest BCUT2D eigenvalue weighted by Crippen LogP contribution is 2.12. The lowest BCUT2D eigenvalue weighted by molar-refractivity contribution is 0.134. The van der Waals surface area contributed by atoms with E-state index in [2.05, 4.69) is 34.3 Å². The van der Waals surface area contributed by atoms with E-state index in [1.165, 1.54) is 5.56 Å². The Kier molecular flexibility index (Phi) is 4.08. The summed E-state index contributed by atoms with van der Waals surface area (Å²) in [6, 6.07) is 7.10. The lowest BCUT2D eigenvalue weighted by atomic mass is 10.1. The monoisotopic (exact) mass is 230 g/mol. The Morgan fingerprint density at radius 1 is 1.65 bits per heavy atom. The first-order valence-corrected chi connectivity index (χ1v) is 6.03. The average molecular weight is 230 g/mol. The van der Waals surface area contributed by atoms with Gasteiger partial charge in [-0.25, -0.2) is 0 Å². The summed E-state index contributed by atoms with van der Waals surface area (Å²) in [5.41, 5.74) is 1.23. The van der Waals surface area contributed by atoms with Crippen LogP contribution in [0.2, 0.25) is 0 Å². The van der Waals surface area contributed by atoms with Crippen molar-refractivity contribution in [1.29, 1.82) is 5.26 Å². The van der Waals surface area contributed by atoms with Crippen molar-refractivity contribution in [2.75, 3.05) is 13.1 Å². The van der Waals surface area contributed by atoms with E-state index < -0.39 is 0 Å². The molecule has 1 aliphatic rings. The molecule has 1 N–H and O–H groups in total. The van der Waals surface area contributed by atoms with Crippen LogP contribution in [0.15, 0.2) is 24.5 Å². The first-order chi connectivity index (χ1) is 8.29. The van der Waals surface area contributed by atoms with Crippen LogP contribution in [0.5, 0.6) is 0 Å². The average Bonchev–Trinajstić information content (AvgIpc) is 2.35. The Morgan fingerprint density at radius 2 is 2.53 bits per heavy atom. The van der Waals surface area contributed by atoms with Crippen LogP contribution >= 0.6 is 0 Å². The van der Waals surface area contributed by atoms with Gasteiger partial charge < -0.3 is 5.32 Å². The number of rotatable bonds is 3. The summed E-state index contributed by atoms with van der Waals surface area (Å²) in [5.74, 6) is 0. The molecular formula is C13H18N4. The molecule has 1 saturated heterocycles. The van der Waals surface area contributed by atoms with E-state index >= 15 is 0 Å². The lowest BCUT2D eigenvalue weighted by Gasteiger charge is -2.38. The summed E-state index contributed by atoms with van der Waals surface area (Å²) in [4.78, 5) is 6.55. The fraction of sp³-hybridized carbons (Fsp3) is 0.538. The second-order valence-electron chi connectivity index (χ2n) is 4.61. The van der Waals surface area contributed by atoms with Crippen LogP contribution in [-0.2, 0) is 6.54 Å². The van der Waals surface area contributed by atoms with E-state index in [9.17, 15) is 0 Å². The number of nitrogens with zero attached hydrogens (tertiary/aromatic N) is 3. The van der Waals surface area contributed by atoms with E-state index in [4.69, 9.17) is 5.26 Å². The number of aromatic nitrogens is 1. The van der Waals surface area contributed by atoms with E-state index in [-0.39, 0.29) is 0 Å². The maximum atomic E-state index is 8.74. The second-order valence-corrected chi connectivity index (χ2v) is 4.61. The molecule has 1 fully saturated rings. The fourth-order valence-electron chi connectivity index (χ4n) is 2.19. The SMILES string of the molecule is CC1CNC(CC#N)CN1Cc1cccnc1. The molecule has 4 nitrogen and oxygen atoms in total. The standard InChI is InChI=1S/C13H18N4/c1-11-7-16-13(4-5-14)10-17(11)9-12-3-2-6-15-8-12/h2-3,6,8,11,13,16H,4,7,9-10H2,1H3. The number of hydrogen-bond donors (Lipinski definition) is 1. The quantitative estimate of drug-likeness (QED) is 0.846. The van der Waals surface area contributed by atoms with Crippen molar-refractivity contribution in [3.63, 3.8) is 0 Å². The predicted octanol–water partition coefficient (Wildman–Crippen LogP) is 1.16. The summed E-state index contributed by atoms with van der Waals surface area (Å²) in [6.45, 7) is 5.01. The molecule has 2 atom stereocenters. The van der Waals surface area contributed by atoms with Crippen molar-refractivity contribution in [1.82, 2.24) is 15.2 Å². The number of pyridine rings is 1. The van der Waals surface area contributed by atoms with Gasteiger partial charge in [-0.15, -0.1) is 0 Å². The Labute approximate surface area is 102 Å². The summed E-state index contributed by atoms with van der Waals surface area (Å²) < 4.78 is 0. The third-order valence-electron chi connectivity index (χ3n) is 3.23. The van der Waals surface area contributed by atoms with E-state index in [1.807, 2.05) is 12.3 Å². The summed E-state index contributed by atoms with van der Waals surface area (Å²) >= 11 is 0. The van der Waals surface area contributed by atoms with Gasteiger partial charge in [0.05, 0.1) is 12.5 Å². The molecule has 90 valence electrons. The number of nitriles is 1. The Bertz CT molecular complexity index is 384. The van der Waals surface area contributed by atoms with Crippen LogP contribution in [0, 0.1) is 11.3 Å². The van der Waals surface area contributed by atoms with E-state index in [0.717, 1.165) is 19.6 Å². The van der Waals surface area contributed by atoms with Crippen molar-refractivity contribution >= 4 is 0 Å². The lowest BCUT2D eigenvalue weighted by Crippen LogP contribution is -2.54. The Morgan fingerprint density at radius 3 is 3.24 bits per heavy atom. The zero-order valence-corrected chi connectivity index (χ0v) is 10.1. The van der Waals surface area contributed by atoms with Crippen molar-refractivity contribution in [3.8, 4) is 6.07 Å². The molecule has 0 amide bonds. The topological polar surface area (TPSA) is 52.0 Å². The molecule has 1 aliphatic heterocycles. The molecule has 0 radical (unpaired) electrons. The third-order valence-corrected chi connectivity index (χ3v) is 3.23. The molecule has 17 heavy (non-hydrogen) atoms. The Hall–Kier alpha value is -1.44. The van der Waals surface area contributed by atoms with E-state index in [0.29, 0.717) is 18.5 Å². The van der Waals surface area contributed by atoms with Crippen molar-refractivity contribution in [3.05, 3.63) is 30.1 Å². The van der Waals surface area contributed by atoms with Gasteiger partial charge in [-0.3, -0.25) is 9.88 Å².